The number of nitrogens with zero attached hydrogens (tertiary/aromatic N) is 1. The molecule has 0 spiro atoms. The number of carboxylic acids is 1. The Kier molecular flexibility index (Phi) is 4.15. The first-order valence-corrected chi connectivity index (χ1v) is 6.27. The minimum atomic E-state index is -0.979. The van der Waals surface area contributed by atoms with Gasteiger partial charge in [-0.05, 0) is 38.1 Å². The van der Waals surface area contributed by atoms with Gasteiger partial charge in [0.2, 0.25) is 0 Å². The molecule has 0 unspecified atom stereocenters. The zero-order chi connectivity index (χ0) is 14.5. The van der Waals surface area contributed by atoms with Crippen molar-refractivity contribution in [2.75, 3.05) is 5.32 Å². The Balaban J connectivity index is 2.22. The number of aryl methyl sites for hydroxylation is 1. The van der Waals surface area contributed by atoms with Gasteiger partial charge in [0, 0.05) is 5.69 Å². The topological polar surface area (TPSA) is 61.7 Å². The predicted octanol–water partition coefficient (Wildman–Crippen LogP) is 3.86. The number of carbonyl (C=O) groups is 1. The van der Waals surface area contributed by atoms with E-state index in [9.17, 15) is 4.79 Å². The average Bonchev–Trinajstić information content (AvgIpc) is 2.41. The molecular weight excluding hydrogens is 252 g/mol. The van der Waals surface area contributed by atoms with Crippen molar-refractivity contribution in [3.63, 3.8) is 0 Å². The lowest BCUT2D eigenvalue weighted by Crippen LogP contribution is -2.07. The summed E-state index contributed by atoms with van der Waals surface area (Å²) in [7, 11) is 0. The van der Waals surface area contributed by atoms with E-state index >= 15 is 0 Å². The molecule has 0 amide bonds. The van der Waals surface area contributed by atoms with Gasteiger partial charge in [-0.15, -0.1) is 0 Å². The molecule has 2 N–H and O–H groups in total. The Morgan fingerprint density at radius 3 is 2.40 bits per heavy atom. The standard InChI is InChI=1S/C16H16N2O2/c1-11-7-9-13(10-8-11)17-12(2)18-15-6-4-3-5-14(15)16(19)20/h3-10H,1-2H3,(H,17,18)(H,19,20). The molecule has 20 heavy (non-hydrogen) atoms. The largest absolute Gasteiger partial charge is 0.478 e. The highest BCUT2D eigenvalue weighted by molar-refractivity contribution is 5.99. The van der Waals surface area contributed by atoms with Gasteiger partial charge in [0.05, 0.1) is 11.3 Å². The summed E-state index contributed by atoms with van der Waals surface area (Å²) in [4.78, 5) is 15.4. The summed E-state index contributed by atoms with van der Waals surface area (Å²) in [5.74, 6) is -0.338. The molecule has 0 aliphatic carbocycles. The Bertz CT molecular complexity index is 646. The molecule has 0 saturated heterocycles. The van der Waals surface area contributed by atoms with Gasteiger partial charge in [-0.25, -0.2) is 9.79 Å². The molecule has 0 aliphatic rings. The molecule has 0 fully saturated rings. The third-order valence-corrected chi connectivity index (χ3v) is 2.80. The van der Waals surface area contributed by atoms with E-state index in [4.69, 9.17) is 5.11 Å². The second-order valence-corrected chi connectivity index (χ2v) is 4.51. The Morgan fingerprint density at radius 1 is 1.10 bits per heavy atom. The summed E-state index contributed by atoms with van der Waals surface area (Å²) < 4.78 is 0. The van der Waals surface area contributed by atoms with E-state index in [1.54, 1.807) is 31.2 Å². The van der Waals surface area contributed by atoms with Gasteiger partial charge in [-0.3, -0.25) is 0 Å². The maximum absolute atomic E-state index is 11.1. The van der Waals surface area contributed by atoms with Crippen molar-refractivity contribution >= 4 is 23.2 Å². The van der Waals surface area contributed by atoms with E-state index in [-0.39, 0.29) is 5.56 Å². The van der Waals surface area contributed by atoms with Crippen LogP contribution in [-0.2, 0) is 0 Å². The number of hydrogen-bond donors (Lipinski definition) is 2. The molecule has 0 atom stereocenters. The number of aliphatic imine (C=N–C) groups is 1. The van der Waals surface area contributed by atoms with E-state index in [0.29, 0.717) is 11.5 Å². The Labute approximate surface area is 117 Å². The minimum absolute atomic E-state index is 0.192. The monoisotopic (exact) mass is 268 g/mol. The van der Waals surface area contributed by atoms with Gasteiger partial charge in [0.1, 0.15) is 5.84 Å². The zero-order valence-corrected chi connectivity index (χ0v) is 11.4. The van der Waals surface area contributed by atoms with Crippen LogP contribution in [0.1, 0.15) is 22.8 Å². The smallest absolute Gasteiger partial charge is 0.337 e. The van der Waals surface area contributed by atoms with Crippen LogP contribution >= 0.6 is 0 Å². The van der Waals surface area contributed by atoms with Crippen LogP contribution in [0, 0.1) is 6.92 Å². The van der Waals surface area contributed by atoms with Crippen LogP contribution in [0.25, 0.3) is 0 Å². The quantitative estimate of drug-likeness (QED) is 0.656. The van der Waals surface area contributed by atoms with Crippen LogP contribution in [0.15, 0.2) is 53.5 Å². The lowest BCUT2D eigenvalue weighted by molar-refractivity contribution is 0.0698. The maximum atomic E-state index is 11.1. The van der Waals surface area contributed by atoms with Gasteiger partial charge >= 0.3 is 5.97 Å². The van der Waals surface area contributed by atoms with Crippen molar-refractivity contribution in [3.8, 4) is 0 Å². The Morgan fingerprint density at radius 2 is 1.75 bits per heavy atom. The number of aromatic carboxylic acids is 1. The summed E-state index contributed by atoms with van der Waals surface area (Å²) in [5, 5.41) is 12.2. The molecule has 0 radical (unpaired) electrons. The third kappa shape index (κ3) is 3.45. The van der Waals surface area contributed by atoms with Crippen LogP contribution in [0.4, 0.5) is 11.4 Å². The zero-order valence-electron chi connectivity index (χ0n) is 11.4. The average molecular weight is 268 g/mol. The molecule has 2 rings (SSSR count). The molecule has 0 aliphatic heterocycles. The van der Waals surface area contributed by atoms with Gasteiger partial charge in [0.25, 0.3) is 0 Å². The number of hydrogen-bond acceptors (Lipinski definition) is 2. The van der Waals surface area contributed by atoms with Crippen molar-refractivity contribution in [1.82, 2.24) is 0 Å². The minimum Gasteiger partial charge on any atom is -0.478 e. The second kappa shape index (κ2) is 6.02. The SMILES string of the molecule is CC(=Nc1ccccc1C(=O)O)Nc1ccc(C)cc1. The fourth-order valence-electron chi connectivity index (χ4n) is 1.81. The van der Waals surface area contributed by atoms with Gasteiger partial charge in [0.15, 0.2) is 0 Å². The highest BCUT2D eigenvalue weighted by Gasteiger charge is 2.08. The summed E-state index contributed by atoms with van der Waals surface area (Å²) in [6.45, 7) is 3.83. The van der Waals surface area contributed by atoms with Crippen LogP contribution in [0.2, 0.25) is 0 Å². The van der Waals surface area contributed by atoms with Crippen molar-refractivity contribution < 1.29 is 9.90 Å². The van der Waals surface area contributed by atoms with Gasteiger partial charge < -0.3 is 10.4 Å². The Hall–Kier alpha value is -2.62. The van der Waals surface area contributed by atoms with Crippen LogP contribution < -0.4 is 5.32 Å². The van der Waals surface area contributed by atoms with E-state index in [2.05, 4.69) is 10.3 Å². The first-order chi connectivity index (χ1) is 9.56. The summed E-state index contributed by atoms with van der Waals surface area (Å²) in [6.07, 6.45) is 0. The molecular formula is C16H16N2O2. The second-order valence-electron chi connectivity index (χ2n) is 4.51. The first kappa shape index (κ1) is 13.8. The number of nitrogens with one attached hydrogen (secondary N) is 1. The molecule has 0 bridgehead atoms. The molecule has 4 nitrogen and oxygen atoms in total. The van der Waals surface area contributed by atoms with Crippen LogP contribution in [0.5, 0.6) is 0 Å². The third-order valence-electron chi connectivity index (χ3n) is 2.80. The summed E-state index contributed by atoms with van der Waals surface area (Å²) >= 11 is 0. The van der Waals surface area contributed by atoms with Crippen molar-refractivity contribution in [3.05, 3.63) is 59.7 Å². The van der Waals surface area contributed by atoms with Gasteiger partial charge in [-0.2, -0.15) is 0 Å². The van der Waals surface area contributed by atoms with E-state index < -0.39 is 5.97 Å². The van der Waals surface area contributed by atoms with Gasteiger partial charge in [-0.1, -0.05) is 29.8 Å². The van der Waals surface area contributed by atoms with E-state index in [0.717, 1.165) is 5.69 Å². The normalized spacial score (nSPS) is 11.2. The highest BCUT2D eigenvalue weighted by Crippen LogP contribution is 2.19. The predicted molar refractivity (Wildman–Crippen MR) is 81.0 cm³/mol. The number of benzene rings is 2. The number of para-hydroxylation sites is 1. The molecule has 2 aromatic rings. The first-order valence-electron chi connectivity index (χ1n) is 6.27. The molecule has 0 heterocycles. The van der Waals surface area contributed by atoms with Crippen molar-refractivity contribution in [2.24, 2.45) is 4.99 Å². The van der Waals surface area contributed by atoms with Crippen LogP contribution in [0.3, 0.4) is 0 Å². The van der Waals surface area contributed by atoms with Crippen LogP contribution in [-0.4, -0.2) is 16.9 Å². The molecule has 2 aromatic carbocycles. The highest BCUT2D eigenvalue weighted by atomic mass is 16.4. The summed E-state index contributed by atoms with van der Waals surface area (Å²) in [5.41, 5.74) is 2.74. The lowest BCUT2D eigenvalue weighted by atomic mass is 10.2. The lowest BCUT2D eigenvalue weighted by Gasteiger charge is -2.07. The van der Waals surface area contributed by atoms with Crippen molar-refractivity contribution in [2.45, 2.75) is 13.8 Å². The molecule has 0 aromatic heterocycles. The fourth-order valence-corrected chi connectivity index (χ4v) is 1.81. The van der Waals surface area contributed by atoms with E-state index in [1.165, 1.54) is 5.56 Å². The van der Waals surface area contributed by atoms with Crippen molar-refractivity contribution in [1.29, 1.82) is 0 Å². The number of carboxylic acid groups (broad SMARTS) is 1. The fraction of sp³-hybridized carbons (Fsp3) is 0.125. The van der Waals surface area contributed by atoms with E-state index in [1.807, 2.05) is 31.2 Å². The number of amidine groups is 1. The number of anilines is 1. The molecule has 102 valence electrons. The maximum Gasteiger partial charge on any atom is 0.337 e. The summed E-state index contributed by atoms with van der Waals surface area (Å²) in [6, 6.07) is 14.6. The molecule has 0 saturated carbocycles. The molecule has 4 heteroatoms. The number of rotatable bonds is 3.